The minimum atomic E-state index is -1.31. The molecule has 3 aromatic rings. The predicted octanol–water partition coefficient (Wildman–Crippen LogP) is 4.33. The summed E-state index contributed by atoms with van der Waals surface area (Å²) in [6.07, 6.45) is 0.255. The van der Waals surface area contributed by atoms with E-state index in [2.05, 4.69) is 10.6 Å². The Morgan fingerprint density at radius 1 is 0.943 bits per heavy atom. The average molecular weight is 474 g/mol. The van der Waals surface area contributed by atoms with Crippen molar-refractivity contribution in [2.75, 3.05) is 6.54 Å². The van der Waals surface area contributed by atoms with Crippen molar-refractivity contribution in [3.8, 4) is 0 Å². The van der Waals surface area contributed by atoms with Crippen molar-refractivity contribution in [3.05, 3.63) is 107 Å². The van der Waals surface area contributed by atoms with Crippen LogP contribution in [-0.2, 0) is 21.5 Å². The quantitative estimate of drug-likeness (QED) is 0.478. The number of hydrogen-bond acceptors (Lipinski definition) is 3. The van der Waals surface area contributed by atoms with Crippen LogP contribution in [0.3, 0.4) is 0 Å². The first kappa shape index (κ1) is 24.1. The third-order valence-electron chi connectivity index (χ3n) is 6.27. The maximum Gasteiger partial charge on any atom is 0.325 e. The molecule has 2 N–H and O–H groups in total. The van der Waals surface area contributed by atoms with Crippen molar-refractivity contribution in [1.29, 1.82) is 0 Å². The number of benzene rings is 3. The molecule has 3 aromatic carbocycles. The first-order chi connectivity index (χ1) is 16.8. The maximum atomic E-state index is 13.7. The third kappa shape index (κ3) is 5.09. The van der Waals surface area contributed by atoms with Crippen LogP contribution < -0.4 is 10.6 Å². The molecule has 1 heterocycles. The number of carbonyl (C=O) groups excluding carboxylic acids is 3. The van der Waals surface area contributed by atoms with Gasteiger partial charge in [0.2, 0.25) is 5.91 Å². The van der Waals surface area contributed by atoms with Gasteiger partial charge in [-0.05, 0) is 34.7 Å². The summed E-state index contributed by atoms with van der Waals surface area (Å²) in [7, 11) is 0. The number of imide groups is 1. The van der Waals surface area contributed by atoms with Gasteiger partial charge in [-0.15, -0.1) is 0 Å². The van der Waals surface area contributed by atoms with Crippen molar-refractivity contribution in [1.82, 2.24) is 15.5 Å². The van der Waals surface area contributed by atoms with Crippen molar-refractivity contribution in [2.24, 2.45) is 5.92 Å². The van der Waals surface area contributed by atoms with Crippen molar-refractivity contribution in [3.63, 3.8) is 0 Å². The van der Waals surface area contributed by atoms with E-state index in [1.807, 2.05) is 62.4 Å². The lowest BCUT2D eigenvalue weighted by molar-refractivity contribution is -0.135. The van der Waals surface area contributed by atoms with Gasteiger partial charge in [-0.1, -0.05) is 86.6 Å². The third-order valence-corrected chi connectivity index (χ3v) is 6.27. The second-order valence-corrected chi connectivity index (χ2v) is 9.10. The van der Waals surface area contributed by atoms with Crippen LogP contribution in [0.4, 0.5) is 9.18 Å². The molecule has 1 aliphatic heterocycles. The first-order valence-corrected chi connectivity index (χ1v) is 11.6. The number of nitrogens with one attached hydrogen (secondary N) is 2. The van der Waals surface area contributed by atoms with E-state index < -0.39 is 36.0 Å². The number of amides is 4. The van der Waals surface area contributed by atoms with Gasteiger partial charge in [0.1, 0.15) is 12.4 Å². The zero-order valence-corrected chi connectivity index (χ0v) is 19.7. The highest BCUT2D eigenvalue weighted by atomic mass is 19.1. The van der Waals surface area contributed by atoms with Crippen molar-refractivity contribution >= 4 is 17.8 Å². The summed E-state index contributed by atoms with van der Waals surface area (Å²) in [5.74, 6) is -1.30. The predicted molar refractivity (Wildman–Crippen MR) is 131 cm³/mol. The Morgan fingerprint density at radius 3 is 2.14 bits per heavy atom. The van der Waals surface area contributed by atoms with Crippen LogP contribution in [0.2, 0.25) is 0 Å². The molecule has 7 heteroatoms. The number of nitrogens with zero attached hydrogens (tertiary/aromatic N) is 1. The molecule has 2 atom stereocenters. The summed E-state index contributed by atoms with van der Waals surface area (Å²) >= 11 is 0. The SMILES string of the molecule is CC(C)C(NC(=O)CN1C(=O)NC(Cc2ccccc2)(c2ccccc2)C1=O)c1ccc(F)cc1. The van der Waals surface area contributed by atoms with Gasteiger partial charge in [0.25, 0.3) is 5.91 Å². The second-order valence-electron chi connectivity index (χ2n) is 9.10. The van der Waals surface area contributed by atoms with E-state index in [1.165, 1.54) is 12.1 Å². The average Bonchev–Trinajstić information content (AvgIpc) is 3.09. The summed E-state index contributed by atoms with van der Waals surface area (Å²) in [4.78, 5) is 40.7. The molecule has 0 aliphatic carbocycles. The van der Waals surface area contributed by atoms with Gasteiger partial charge in [0, 0.05) is 6.42 Å². The van der Waals surface area contributed by atoms with Gasteiger partial charge in [-0.2, -0.15) is 0 Å². The fourth-order valence-electron chi connectivity index (χ4n) is 4.48. The summed E-state index contributed by atoms with van der Waals surface area (Å²) in [6.45, 7) is 3.45. The monoisotopic (exact) mass is 473 g/mol. The minimum absolute atomic E-state index is 0.00834. The molecule has 1 fully saturated rings. The maximum absolute atomic E-state index is 13.7. The van der Waals surface area contributed by atoms with E-state index in [-0.39, 0.29) is 18.2 Å². The fourth-order valence-corrected chi connectivity index (χ4v) is 4.48. The molecule has 2 unspecified atom stereocenters. The van der Waals surface area contributed by atoms with Crippen LogP contribution in [0.15, 0.2) is 84.9 Å². The van der Waals surface area contributed by atoms with E-state index in [9.17, 15) is 18.8 Å². The molecule has 1 saturated heterocycles. The molecule has 0 radical (unpaired) electrons. The van der Waals surface area contributed by atoms with Crippen LogP contribution in [0.25, 0.3) is 0 Å². The largest absolute Gasteiger partial charge is 0.347 e. The molecule has 0 saturated carbocycles. The summed E-state index contributed by atoms with van der Waals surface area (Å²) in [6, 6.07) is 23.4. The molecule has 0 bridgehead atoms. The van der Waals surface area contributed by atoms with E-state index in [1.54, 1.807) is 24.3 Å². The molecule has 0 aromatic heterocycles. The molecule has 35 heavy (non-hydrogen) atoms. The van der Waals surface area contributed by atoms with Gasteiger partial charge in [-0.3, -0.25) is 14.5 Å². The van der Waals surface area contributed by atoms with Gasteiger partial charge in [0.15, 0.2) is 5.54 Å². The molecule has 1 aliphatic rings. The Labute approximate surface area is 204 Å². The minimum Gasteiger partial charge on any atom is -0.347 e. The lowest BCUT2D eigenvalue weighted by Gasteiger charge is -2.28. The van der Waals surface area contributed by atoms with E-state index in [0.29, 0.717) is 5.56 Å². The lowest BCUT2D eigenvalue weighted by Crippen LogP contribution is -2.47. The van der Waals surface area contributed by atoms with E-state index in [4.69, 9.17) is 0 Å². The summed E-state index contributed by atoms with van der Waals surface area (Å²) in [5, 5.41) is 5.77. The Balaban J connectivity index is 1.57. The highest BCUT2D eigenvalue weighted by Crippen LogP contribution is 2.33. The Morgan fingerprint density at radius 2 is 1.54 bits per heavy atom. The van der Waals surface area contributed by atoms with Crippen molar-refractivity contribution in [2.45, 2.75) is 31.8 Å². The Hall–Kier alpha value is -4.00. The first-order valence-electron chi connectivity index (χ1n) is 11.6. The molecule has 4 amide bonds. The smallest absolute Gasteiger partial charge is 0.325 e. The van der Waals surface area contributed by atoms with Crippen LogP contribution in [0, 0.1) is 11.7 Å². The highest BCUT2D eigenvalue weighted by molar-refractivity contribution is 6.09. The van der Waals surface area contributed by atoms with Crippen molar-refractivity contribution < 1.29 is 18.8 Å². The van der Waals surface area contributed by atoms with Gasteiger partial charge in [0.05, 0.1) is 6.04 Å². The normalized spacial score (nSPS) is 18.5. The van der Waals surface area contributed by atoms with Crippen LogP contribution in [0.5, 0.6) is 0 Å². The van der Waals surface area contributed by atoms with Crippen LogP contribution >= 0.6 is 0 Å². The van der Waals surface area contributed by atoms with E-state index >= 15 is 0 Å². The molecule has 4 rings (SSSR count). The Kier molecular flexibility index (Phi) is 6.96. The zero-order valence-electron chi connectivity index (χ0n) is 19.7. The topological polar surface area (TPSA) is 78.5 Å². The number of halogens is 1. The van der Waals surface area contributed by atoms with Gasteiger partial charge >= 0.3 is 6.03 Å². The number of carbonyl (C=O) groups is 3. The standard InChI is InChI=1S/C28H28FN3O3/c1-19(2)25(21-13-15-23(29)16-14-21)30-24(33)18-32-26(34)28(31-27(32)35,22-11-7-4-8-12-22)17-20-9-5-3-6-10-20/h3-16,19,25H,17-18H2,1-2H3,(H,30,33)(H,31,35). The van der Waals surface area contributed by atoms with Crippen LogP contribution in [-0.4, -0.2) is 29.3 Å². The Bertz CT molecular complexity index is 1200. The molecule has 180 valence electrons. The molecular weight excluding hydrogens is 445 g/mol. The fraction of sp³-hybridized carbons (Fsp3) is 0.250. The lowest BCUT2D eigenvalue weighted by atomic mass is 9.83. The second kappa shape index (κ2) is 10.1. The highest BCUT2D eigenvalue weighted by Gasteiger charge is 2.52. The van der Waals surface area contributed by atoms with Gasteiger partial charge in [-0.25, -0.2) is 9.18 Å². The van der Waals surface area contributed by atoms with Crippen LogP contribution in [0.1, 0.15) is 36.6 Å². The number of rotatable bonds is 8. The van der Waals surface area contributed by atoms with Gasteiger partial charge < -0.3 is 10.6 Å². The molecular formula is C28H28FN3O3. The molecule has 0 spiro atoms. The molecule has 6 nitrogen and oxygen atoms in total. The summed E-state index contributed by atoms with van der Waals surface area (Å²) in [5.41, 5.74) is 0.965. The zero-order chi connectivity index (χ0) is 25.0. The summed E-state index contributed by atoms with van der Waals surface area (Å²) < 4.78 is 13.4. The number of urea groups is 1. The number of hydrogen-bond donors (Lipinski definition) is 2. The van der Waals surface area contributed by atoms with E-state index in [0.717, 1.165) is 16.0 Å².